The Labute approximate surface area is 149 Å². The molecule has 0 saturated carbocycles. The fourth-order valence-electron chi connectivity index (χ4n) is 1.94. The van der Waals surface area contributed by atoms with E-state index in [-0.39, 0.29) is 18.3 Å². The molecule has 1 aromatic rings. The van der Waals surface area contributed by atoms with Crippen LogP contribution in [0.4, 0.5) is 0 Å². The highest BCUT2D eigenvalue weighted by molar-refractivity contribution is 7.99. The molecule has 0 fully saturated rings. The Bertz CT molecular complexity index is 475. The molecule has 5 nitrogen and oxygen atoms in total. The van der Waals surface area contributed by atoms with Crippen molar-refractivity contribution in [3.05, 3.63) is 18.2 Å². The molecule has 0 spiro atoms. The molecule has 1 aromatic carbocycles. The second-order valence-electron chi connectivity index (χ2n) is 4.88. The van der Waals surface area contributed by atoms with Crippen molar-refractivity contribution in [2.75, 3.05) is 33.1 Å². The number of likely N-dealkylation sites (N-methyl/N-ethyl adjacent to an activating group) is 1. The van der Waals surface area contributed by atoms with Gasteiger partial charge in [-0.3, -0.25) is 4.79 Å². The van der Waals surface area contributed by atoms with Crippen LogP contribution in [0.25, 0.3) is 0 Å². The molecule has 0 bridgehead atoms. The van der Waals surface area contributed by atoms with Gasteiger partial charge in [0.25, 0.3) is 0 Å². The van der Waals surface area contributed by atoms with Gasteiger partial charge in [-0.15, -0.1) is 24.2 Å². The number of methoxy groups -OCH3 is 2. The van der Waals surface area contributed by atoms with Gasteiger partial charge < -0.3 is 20.1 Å². The van der Waals surface area contributed by atoms with E-state index in [9.17, 15) is 4.79 Å². The van der Waals surface area contributed by atoms with E-state index in [1.807, 2.05) is 18.2 Å². The van der Waals surface area contributed by atoms with Crippen molar-refractivity contribution in [1.29, 1.82) is 0 Å². The van der Waals surface area contributed by atoms with E-state index in [0.717, 1.165) is 17.2 Å². The van der Waals surface area contributed by atoms with Crippen molar-refractivity contribution < 1.29 is 14.3 Å². The van der Waals surface area contributed by atoms with Crippen molar-refractivity contribution in [2.24, 2.45) is 0 Å². The van der Waals surface area contributed by atoms with Crippen LogP contribution in [0.1, 0.15) is 20.3 Å². The second kappa shape index (κ2) is 12.3. The average molecular weight is 363 g/mol. The van der Waals surface area contributed by atoms with Crippen LogP contribution in [0.2, 0.25) is 0 Å². The maximum absolute atomic E-state index is 11.8. The molecule has 7 heteroatoms. The molecule has 1 atom stereocenters. The Morgan fingerprint density at radius 2 is 1.96 bits per heavy atom. The summed E-state index contributed by atoms with van der Waals surface area (Å²) in [5.41, 5.74) is 0. The van der Waals surface area contributed by atoms with Gasteiger partial charge in [0.05, 0.1) is 14.2 Å². The minimum Gasteiger partial charge on any atom is -0.493 e. The first-order valence-electron chi connectivity index (χ1n) is 7.45. The number of hydrogen-bond donors (Lipinski definition) is 2. The number of nitrogens with one attached hydrogen (secondary N) is 2. The highest BCUT2D eigenvalue weighted by Crippen LogP contribution is 2.31. The van der Waals surface area contributed by atoms with Gasteiger partial charge in [-0.05, 0) is 31.7 Å². The summed E-state index contributed by atoms with van der Waals surface area (Å²) in [6.07, 6.45) is 0.498. The molecular weight excluding hydrogens is 336 g/mol. The minimum atomic E-state index is 0. The molecule has 1 amide bonds. The van der Waals surface area contributed by atoms with Crippen LogP contribution in [-0.4, -0.2) is 45.0 Å². The predicted octanol–water partition coefficient (Wildman–Crippen LogP) is 2.72. The number of rotatable bonds is 10. The maximum atomic E-state index is 11.8. The first-order valence-corrected chi connectivity index (χ1v) is 8.44. The van der Waals surface area contributed by atoms with Crippen LogP contribution in [0.15, 0.2) is 23.1 Å². The zero-order valence-electron chi connectivity index (χ0n) is 14.2. The molecule has 0 aliphatic carbocycles. The van der Waals surface area contributed by atoms with Crippen molar-refractivity contribution in [1.82, 2.24) is 10.6 Å². The highest BCUT2D eigenvalue weighted by atomic mass is 35.5. The van der Waals surface area contributed by atoms with Crippen molar-refractivity contribution in [3.63, 3.8) is 0 Å². The molecule has 0 heterocycles. The number of amides is 1. The number of hydrogen-bond acceptors (Lipinski definition) is 5. The molecule has 0 aromatic heterocycles. The van der Waals surface area contributed by atoms with E-state index in [0.29, 0.717) is 30.5 Å². The zero-order chi connectivity index (χ0) is 16.4. The third kappa shape index (κ3) is 8.34. The quantitative estimate of drug-likeness (QED) is 0.627. The summed E-state index contributed by atoms with van der Waals surface area (Å²) in [7, 11) is 3.23. The number of halogens is 1. The lowest BCUT2D eigenvalue weighted by molar-refractivity contribution is -0.120. The monoisotopic (exact) mass is 362 g/mol. The molecule has 0 aliphatic heterocycles. The largest absolute Gasteiger partial charge is 0.493 e. The van der Waals surface area contributed by atoms with E-state index in [1.165, 1.54) is 0 Å². The van der Waals surface area contributed by atoms with E-state index in [1.54, 1.807) is 26.0 Å². The molecule has 1 rings (SSSR count). The molecular formula is C16H27ClN2O3S. The summed E-state index contributed by atoms with van der Waals surface area (Å²) in [6.45, 7) is 5.68. The average Bonchev–Trinajstić information content (AvgIpc) is 2.53. The van der Waals surface area contributed by atoms with Gasteiger partial charge in [-0.25, -0.2) is 0 Å². The predicted molar refractivity (Wildman–Crippen MR) is 98.3 cm³/mol. The number of thioether (sulfide) groups is 1. The summed E-state index contributed by atoms with van der Waals surface area (Å²) < 4.78 is 10.5. The third-order valence-corrected chi connectivity index (χ3v) is 4.11. The van der Waals surface area contributed by atoms with Crippen LogP contribution in [0.3, 0.4) is 0 Å². The summed E-state index contributed by atoms with van der Waals surface area (Å²) >= 11 is 1.63. The third-order valence-electron chi connectivity index (χ3n) is 3.11. The number of ether oxygens (including phenoxy) is 2. The van der Waals surface area contributed by atoms with Crippen LogP contribution in [0, 0.1) is 0 Å². The van der Waals surface area contributed by atoms with Crippen LogP contribution in [-0.2, 0) is 4.79 Å². The lowest BCUT2D eigenvalue weighted by atomic mass is 10.3. The SMILES string of the molecule is CCN[C@H](C)CNC(=O)CCSc1ccc(OC)c(OC)c1.Cl. The van der Waals surface area contributed by atoms with Crippen molar-refractivity contribution >= 4 is 30.1 Å². The fourth-order valence-corrected chi connectivity index (χ4v) is 2.82. The topological polar surface area (TPSA) is 59.6 Å². The molecule has 23 heavy (non-hydrogen) atoms. The lowest BCUT2D eigenvalue weighted by Gasteiger charge is -2.13. The van der Waals surface area contributed by atoms with Crippen LogP contribution < -0.4 is 20.1 Å². The van der Waals surface area contributed by atoms with Crippen LogP contribution in [0.5, 0.6) is 11.5 Å². The molecule has 0 aliphatic rings. The Morgan fingerprint density at radius 1 is 1.26 bits per heavy atom. The maximum Gasteiger partial charge on any atom is 0.220 e. The van der Waals surface area contributed by atoms with Gasteiger partial charge >= 0.3 is 0 Å². The van der Waals surface area contributed by atoms with Gasteiger partial charge in [-0.2, -0.15) is 0 Å². The summed E-state index contributed by atoms with van der Waals surface area (Å²) in [5, 5.41) is 6.20. The minimum absolute atomic E-state index is 0. The Morgan fingerprint density at radius 3 is 2.57 bits per heavy atom. The summed E-state index contributed by atoms with van der Waals surface area (Å²) in [4.78, 5) is 12.8. The van der Waals surface area contributed by atoms with E-state index < -0.39 is 0 Å². The first kappa shape index (κ1) is 21.9. The van der Waals surface area contributed by atoms with Crippen molar-refractivity contribution in [2.45, 2.75) is 31.2 Å². The van der Waals surface area contributed by atoms with Crippen molar-refractivity contribution in [3.8, 4) is 11.5 Å². The van der Waals surface area contributed by atoms with E-state index in [2.05, 4.69) is 24.5 Å². The smallest absolute Gasteiger partial charge is 0.220 e. The van der Waals surface area contributed by atoms with E-state index in [4.69, 9.17) is 9.47 Å². The normalized spacial score (nSPS) is 11.3. The van der Waals surface area contributed by atoms with E-state index >= 15 is 0 Å². The standard InChI is InChI=1S/C16H26N2O3S.ClH/c1-5-17-12(2)11-18-16(19)8-9-22-13-6-7-14(20-3)15(10-13)21-4;/h6-7,10,12,17H,5,8-9,11H2,1-4H3,(H,18,19);1H/t12-;/m1./s1. The Hall–Kier alpha value is -1.11. The summed E-state index contributed by atoms with van der Waals surface area (Å²) in [5.74, 6) is 2.23. The first-order chi connectivity index (χ1) is 10.6. The van der Waals surface area contributed by atoms with Gasteiger partial charge in [0.1, 0.15) is 0 Å². The molecule has 0 radical (unpaired) electrons. The van der Waals surface area contributed by atoms with Gasteiger partial charge in [0, 0.05) is 29.7 Å². The Kier molecular flexibility index (Phi) is 11.7. The molecule has 132 valence electrons. The van der Waals surface area contributed by atoms with Gasteiger partial charge in [0.15, 0.2) is 11.5 Å². The summed E-state index contributed by atoms with van der Waals surface area (Å²) in [6, 6.07) is 6.07. The van der Waals surface area contributed by atoms with Gasteiger partial charge in [0.2, 0.25) is 5.91 Å². The number of benzene rings is 1. The zero-order valence-corrected chi connectivity index (χ0v) is 15.8. The fraction of sp³-hybridized carbons (Fsp3) is 0.562. The second-order valence-corrected chi connectivity index (χ2v) is 6.05. The molecule has 0 saturated heterocycles. The molecule has 2 N–H and O–H groups in total. The van der Waals surface area contributed by atoms with Gasteiger partial charge in [-0.1, -0.05) is 6.92 Å². The molecule has 0 unspecified atom stereocenters. The number of carbonyl (C=O) groups excluding carboxylic acids is 1. The highest BCUT2D eigenvalue weighted by Gasteiger charge is 2.07. The Balaban J connectivity index is 0.00000484. The van der Waals surface area contributed by atoms with Crippen LogP contribution >= 0.6 is 24.2 Å². The lowest BCUT2D eigenvalue weighted by Crippen LogP contribution is -2.38. The number of carbonyl (C=O) groups is 1.